The normalized spacial score (nSPS) is 30.3. The highest BCUT2D eigenvalue weighted by molar-refractivity contribution is 8.02. The second-order valence-corrected chi connectivity index (χ2v) is 12.9. The van der Waals surface area contributed by atoms with Crippen molar-refractivity contribution >= 4 is 29.5 Å². The Bertz CT molecular complexity index is 882. The zero-order valence-electron chi connectivity index (χ0n) is 23.9. The molecule has 4 unspecified atom stereocenters. The number of amides is 3. The van der Waals surface area contributed by atoms with E-state index in [2.05, 4.69) is 40.9 Å². The first-order chi connectivity index (χ1) is 18.2. The topological polar surface area (TPSA) is 81.2 Å². The van der Waals surface area contributed by atoms with Gasteiger partial charge in [0.2, 0.25) is 17.7 Å². The van der Waals surface area contributed by atoms with Gasteiger partial charge in [-0.05, 0) is 51.4 Å². The van der Waals surface area contributed by atoms with Crippen LogP contribution in [-0.2, 0) is 14.4 Å². The molecule has 3 aliphatic heterocycles. The van der Waals surface area contributed by atoms with Gasteiger partial charge < -0.3 is 19.8 Å². The molecule has 0 radical (unpaired) electrons. The highest BCUT2D eigenvalue weighted by atomic mass is 32.2. The van der Waals surface area contributed by atoms with Crippen LogP contribution in [0.4, 0.5) is 0 Å². The van der Waals surface area contributed by atoms with Crippen molar-refractivity contribution in [3.8, 4) is 0 Å². The molecule has 7 atom stereocenters. The fraction of sp³-hybridized carbons (Fsp3) is 0.767. The minimum Gasteiger partial charge on any atom is -0.396 e. The Balaban J connectivity index is 2.05. The molecule has 3 heterocycles. The van der Waals surface area contributed by atoms with Gasteiger partial charge in [-0.1, -0.05) is 39.3 Å². The highest BCUT2D eigenvalue weighted by Gasteiger charge is 2.76. The lowest BCUT2D eigenvalue weighted by molar-refractivity contribution is -0.145. The fourth-order valence-electron chi connectivity index (χ4n) is 7.18. The van der Waals surface area contributed by atoms with Gasteiger partial charge in [0, 0.05) is 44.1 Å². The zero-order valence-corrected chi connectivity index (χ0v) is 24.8. The summed E-state index contributed by atoms with van der Waals surface area (Å²) in [4.78, 5) is 48.4. The molecule has 1 spiro atoms. The van der Waals surface area contributed by atoms with Gasteiger partial charge in [-0.3, -0.25) is 14.4 Å². The van der Waals surface area contributed by atoms with Gasteiger partial charge in [0.15, 0.2) is 0 Å². The Morgan fingerprint density at radius 2 is 1.87 bits per heavy atom. The van der Waals surface area contributed by atoms with Crippen molar-refractivity contribution in [3.05, 3.63) is 25.3 Å². The van der Waals surface area contributed by atoms with Crippen molar-refractivity contribution in [1.29, 1.82) is 0 Å². The maximum Gasteiger partial charge on any atom is 0.247 e. The first-order valence-electron chi connectivity index (χ1n) is 14.6. The number of aliphatic hydroxyl groups is 1. The van der Waals surface area contributed by atoms with E-state index in [0.29, 0.717) is 32.6 Å². The Hall–Kier alpha value is -1.80. The van der Waals surface area contributed by atoms with Gasteiger partial charge in [-0.2, -0.15) is 0 Å². The van der Waals surface area contributed by atoms with Gasteiger partial charge in [0.25, 0.3) is 0 Å². The van der Waals surface area contributed by atoms with Gasteiger partial charge in [0.1, 0.15) is 6.04 Å². The quantitative estimate of drug-likeness (QED) is 0.232. The molecule has 0 aliphatic carbocycles. The average molecular weight is 548 g/mol. The molecule has 3 aliphatic rings. The molecule has 3 fully saturated rings. The van der Waals surface area contributed by atoms with Crippen LogP contribution < -0.4 is 0 Å². The number of thioether (sulfide) groups is 1. The highest BCUT2D eigenvalue weighted by Crippen LogP contribution is 2.69. The molecule has 3 saturated heterocycles. The summed E-state index contributed by atoms with van der Waals surface area (Å²) in [6.07, 6.45) is 9.24. The zero-order chi connectivity index (χ0) is 28.0. The van der Waals surface area contributed by atoms with Crippen LogP contribution in [0, 0.1) is 17.8 Å². The minimum atomic E-state index is -0.604. The molecule has 0 saturated carbocycles. The average Bonchev–Trinajstić information content (AvgIpc) is 3.48. The molecular weight excluding hydrogens is 498 g/mol. The lowest BCUT2D eigenvalue weighted by Gasteiger charge is -2.42. The third-order valence-corrected chi connectivity index (χ3v) is 10.9. The van der Waals surface area contributed by atoms with E-state index in [4.69, 9.17) is 0 Å². The summed E-state index contributed by atoms with van der Waals surface area (Å²) >= 11 is 1.75. The van der Waals surface area contributed by atoms with E-state index in [9.17, 15) is 19.5 Å². The molecule has 0 aromatic carbocycles. The molecular formula is C30H49N3O4S. The smallest absolute Gasteiger partial charge is 0.247 e. The first kappa shape index (κ1) is 30.7. The third kappa shape index (κ3) is 5.45. The van der Waals surface area contributed by atoms with Crippen LogP contribution >= 0.6 is 11.8 Å². The van der Waals surface area contributed by atoms with Crippen LogP contribution in [-0.4, -0.2) is 92.4 Å². The third-order valence-electron chi connectivity index (χ3n) is 8.82. The number of likely N-dealkylation sites (tertiary alicyclic amines) is 1. The maximum atomic E-state index is 14.5. The van der Waals surface area contributed by atoms with E-state index < -0.39 is 22.6 Å². The Kier molecular flexibility index (Phi) is 10.9. The summed E-state index contributed by atoms with van der Waals surface area (Å²) in [6.45, 7) is 18.3. The first-order valence-corrected chi connectivity index (χ1v) is 15.5. The molecule has 3 amide bonds. The van der Waals surface area contributed by atoms with E-state index in [0.717, 1.165) is 38.5 Å². The summed E-state index contributed by atoms with van der Waals surface area (Å²) in [5.41, 5.74) is 0. The molecule has 2 bridgehead atoms. The van der Waals surface area contributed by atoms with E-state index >= 15 is 0 Å². The number of rotatable bonds is 16. The van der Waals surface area contributed by atoms with Crippen LogP contribution in [0.5, 0.6) is 0 Å². The van der Waals surface area contributed by atoms with Crippen LogP contribution in [0.3, 0.4) is 0 Å². The maximum absolute atomic E-state index is 14.5. The molecule has 214 valence electrons. The lowest BCUT2D eigenvalue weighted by atomic mass is 9.65. The molecule has 7 nitrogen and oxygen atoms in total. The molecule has 0 aromatic heterocycles. The van der Waals surface area contributed by atoms with Crippen molar-refractivity contribution in [2.45, 2.75) is 94.7 Å². The Labute approximate surface area is 234 Å². The van der Waals surface area contributed by atoms with Gasteiger partial charge in [-0.25, -0.2) is 0 Å². The van der Waals surface area contributed by atoms with Crippen molar-refractivity contribution in [1.82, 2.24) is 14.7 Å². The summed E-state index contributed by atoms with van der Waals surface area (Å²) in [7, 11) is 0. The van der Waals surface area contributed by atoms with Gasteiger partial charge in [0.05, 0.1) is 16.6 Å². The van der Waals surface area contributed by atoms with E-state index in [-0.39, 0.29) is 41.5 Å². The van der Waals surface area contributed by atoms with Crippen molar-refractivity contribution in [2.75, 3.05) is 32.8 Å². The van der Waals surface area contributed by atoms with Crippen LogP contribution in [0.2, 0.25) is 0 Å². The van der Waals surface area contributed by atoms with Gasteiger partial charge >= 0.3 is 0 Å². The number of carbonyl (C=O) groups excluding carboxylic acids is 3. The lowest BCUT2D eigenvalue weighted by Crippen LogP contribution is -2.58. The number of unbranched alkanes of at least 4 members (excludes halogenated alkanes) is 2. The van der Waals surface area contributed by atoms with Crippen LogP contribution in [0.25, 0.3) is 0 Å². The Morgan fingerprint density at radius 1 is 1.16 bits per heavy atom. The number of aliphatic hydroxyl groups excluding tert-OH is 1. The molecule has 3 rings (SSSR count). The van der Waals surface area contributed by atoms with Crippen molar-refractivity contribution < 1.29 is 19.5 Å². The molecule has 0 aromatic rings. The number of carbonyl (C=O) groups is 3. The summed E-state index contributed by atoms with van der Waals surface area (Å²) < 4.78 is -0.604. The minimum absolute atomic E-state index is 0.00605. The predicted octanol–water partition coefficient (Wildman–Crippen LogP) is 4.11. The molecule has 38 heavy (non-hydrogen) atoms. The number of hydrogen-bond acceptors (Lipinski definition) is 5. The number of hydrogen-bond donors (Lipinski definition) is 1. The fourth-order valence-corrected chi connectivity index (χ4v) is 9.59. The van der Waals surface area contributed by atoms with Crippen LogP contribution in [0.1, 0.15) is 72.6 Å². The number of fused-ring (bicyclic) bond motifs is 1. The van der Waals surface area contributed by atoms with E-state index in [1.807, 2.05) is 14.7 Å². The second kappa shape index (κ2) is 13.5. The van der Waals surface area contributed by atoms with Crippen LogP contribution in [0.15, 0.2) is 25.3 Å². The standard InChI is InChI=1S/C30H49N3O4S/c1-7-14-22(6)32(17-10-4)29(37)26-30-21(5)20-23(38-30)24(27(35)31(15-8-2)16-9-3)25(30)28(36)33(26)18-12-11-13-19-34/h8,10,21-26,34H,2,4,7,9,11-20H2,1,3,5-6H3/t21?,22?,23-,24+,25+,26?,30?/m1/s1. The Morgan fingerprint density at radius 3 is 2.47 bits per heavy atom. The SMILES string of the molecule is C=CCN(CCC)C(=O)[C@@H]1[C@H]2C(=O)N(CCCCCO)C(C(=O)N(CC=C)C(C)CCC)C23S[C@@H]1CC3C. The monoisotopic (exact) mass is 547 g/mol. The second-order valence-electron chi connectivity index (χ2n) is 11.4. The van der Waals surface area contributed by atoms with E-state index in [1.54, 1.807) is 23.9 Å². The molecule has 1 N–H and O–H groups in total. The van der Waals surface area contributed by atoms with Crippen molar-refractivity contribution in [2.24, 2.45) is 17.8 Å². The molecule has 8 heteroatoms. The predicted molar refractivity (Wildman–Crippen MR) is 155 cm³/mol. The van der Waals surface area contributed by atoms with Gasteiger partial charge in [-0.15, -0.1) is 24.9 Å². The largest absolute Gasteiger partial charge is 0.396 e. The summed E-state index contributed by atoms with van der Waals surface area (Å²) in [6, 6.07) is -0.550. The summed E-state index contributed by atoms with van der Waals surface area (Å²) in [5.74, 6) is -0.756. The number of nitrogens with zero attached hydrogens (tertiary/aromatic N) is 3. The van der Waals surface area contributed by atoms with E-state index in [1.165, 1.54) is 0 Å². The summed E-state index contributed by atoms with van der Waals surface area (Å²) in [5, 5.41) is 9.32. The van der Waals surface area contributed by atoms with Crippen molar-refractivity contribution in [3.63, 3.8) is 0 Å².